The third-order valence-electron chi connectivity index (χ3n) is 3.98. The van der Waals surface area contributed by atoms with E-state index in [0.717, 1.165) is 19.4 Å². The third kappa shape index (κ3) is 3.91. The molecule has 2 aromatic rings. The van der Waals surface area contributed by atoms with E-state index in [9.17, 15) is 9.18 Å². The van der Waals surface area contributed by atoms with Gasteiger partial charge in [-0.1, -0.05) is 17.3 Å². The number of halogens is 2. The molecule has 2 N–H and O–H groups in total. The molecule has 2 heterocycles. The van der Waals surface area contributed by atoms with Gasteiger partial charge in [0.1, 0.15) is 11.9 Å². The van der Waals surface area contributed by atoms with Crippen LogP contribution < -0.4 is 10.6 Å². The molecule has 0 aliphatic carbocycles. The molecule has 1 aliphatic rings. The van der Waals surface area contributed by atoms with E-state index < -0.39 is 6.04 Å². The first-order chi connectivity index (χ1) is 11.0. The van der Waals surface area contributed by atoms with Gasteiger partial charge in [0.2, 0.25) is 17.6 Å². The van der Waals surface area contributed by atoms with E-state index in [1.807, 2.05) is 0 Å². The Morgan fingerprint density at radius 3 is 2.96 bits per heavy atom. The summed E-state index contributed by atoms with van der Waals surface area (Å²) in [5.74, 6) is 0.213. The molecule has 6 nitrogen and oxygen atoms in total. The number of amides is 1. The van der Waals surface area contributed by atoms with Gasteiger partial charge in [0.05, 0.1) is 6.04 Å². The molecule has 1 fully saturated rings. The first-order valence-electron chi connectivity index (χ1n) is 7.68. The average molecular weight is 355 g/mol. The normalized spacial score (nSPS) is 18.0. The zero-order valence-electron chi connectivity index (χ0n) is 13.5. The molecule has 1 aromatic heterocycles. The van der Waals surface area contributed by atoms with Gasteiger partial charge >= 0.3 is 0 Å². The summed E-state index contributed by atoms with van der Waals surface area (Å²) >= 11 is 0. The number of hydrogen-bond donors (Lipinski definition) is 2. The molecule has 1 saturated heterocycles. The van der Waals surface area contributed by atoms with E-state index in [2.05, 4.69) is 20.8 Å². The fraction of sp³-hybridized carbons (Fsp3) is 0.438. The minimum Gasteiger partial charge on any atom is -0.343 e. The summed E-state index contributed by atoms with van der Waals surface area (Å²) < 4.78 is 18.8. The smallest absolute Gasteiger partial charge is 0.249 e. The molecule has 3 rings (SSSR count). The number of carbonyl (C=O) groups is 1. The predicted molar refractivity (Wildman–Crippen MR) is 89.3 cm³/mol. The Morgan fingerprint density at radius 1 is 1.50 bits per heavy atom. The number of carbonyl (C=O) groups excluding carboxylic acids is 1. The van der Waals surface area contributed by atoms with Gasteiger partial charge in [-0.25, -0.2) is 4.39 Å². The lowest BCUT2D eigenvalue weighted by Gasteiger charge is -2.14. The lowest BCUT2D eigenvalue weighted by Crippen LogP contribution is -2.41. The Kier molecular flexibility index (Phi) is 5.90. The number of nitrogens with one attached hydrogen (secondary N) is 2. The minimum absolute atomic E-state index is 0. The molecule has 8 heteroatoms. The fourth-order valence-electron chi connectivity index (χ4n) is 2.54. The predicted octanol–water partition coefficient (Wildman–Crippen LogP) is 2.54. The molecule has 2 atom stereocenters. The maximum Gasteiger partial charge on any atom is 0.249 e. The van der Waals surface area contributed by atoms with Crippen molar-refractivity contribution in [1.82, 2.24) is 20.8 Å². The first-order valence-corrected chi connectivity index (χ1v) is 7.68. The molecular weight excluding hydrogens is 335 g/mol. The van der Waals surface area contributed by atoms with Crippen molar-refractivity contribution in [3.63, 3.8) is 0 Å². The van der Waals surface area contributed by atoms with Crippen LogP contribution in [0.5, 0.6) is 0 Å². The standard InChI is InChI=1S/C16H19FN4O2.ClH/c1-9-5-6-11(8-12(9)17)14-20-16(23-21-14)10(2)19-15(22)13-4-3-7-18-13;/h5-6,8,10,13,18H,3-4,7H2,1-2H3,(H,19,22);1H. The van der Waals surface area contributed by atoms with Crippen LogP contribution in [0.2, 0.25) is 0 Å². The second-order valence-corrected chi connectivity index (χ2v) is 5.80. The van der Waals surface area contributed by atoms with Crippen LogP contribution in [0.4, 0.5) is 4.39 Å². The molecule has 0 radical (unpaired) electrons. The van der Waals surface area contributed by atoms with Crippen LogP contribution in [0, 0.1) is 12.7 Å². The molecule has 24 heavy (non-hydrogen) atoms. The van der Waals surface area contributed by atoms with Gasteiger partial charge in [-0.05, 0) is 44.9 Å². The van der Waals surface area contributed by atoms with Gasteiger partial charge < -0.3 is 15.2 Å². The van der Waals surface area contributed by atoms with Crippen LogP contribution in [0.25, 0.3) is 11.4 Å². The van der Waals surface area contributed by atoms with Crippen LogP contribution in [0.1, 0.15) is 37.3 Å². The van der Waals surface area contributed by atoms with Crippen molar-refractivity contribution in [3.05, 3.63) is 35.5 Å². The highest BCUT2D eigenvalue weighted by molar-refractivity contribution is 5.85. The quantitative estimate of drug-likeness (QED) is 0.882. The summed E-state index contributed by atoms with van der Waals surface area (Å²) in [5.41, 5.74) is 1.10. The van der Waals surface area contributed by atoms with Crippen LogP contribution in [-0.4, -0.2) is 28.6 Å². The topological polar surface area (TPSA) is 80.0 Å². The van der Waals surface area contributed by atoms with Gasteiger partial charge in [-0.2, -0.15) is 4.98 Å². The van der Waals surface area contributed by atoms with Gasteiger partial charge in [-0.3, -0.25) is 4.79 Å². The van der Waals surface area contributed by atoms with E-state index >= 15 is 0 Å². The Balaban J connectivity index is 0.00000208. The van der Waals surface area contributed by atoms with Crippen LogP contribution in [-0.2, 0) is 4.79 Å². The maximum atomic E-state index is 13.6. The Bertz CT molecular complexity index is 716. The van der Waals surface area contributed by atoms with Crippen LogP contribution in [0.3, 0.4) is 0 Å². The highest BCUT2D eigenvalue weighted by atomic mass is 35.5. The summed E-state index contributed by atoms with van der Waals surface area (Å²) in [4.78, 5) is 16.3. The van der Waals surface area contributed by atoms with Crippen molar-refractivity contribution in [2.75, 3.05) is 6.54 Å². The number of rotatable bonds is 4. The molecule has 0 spiro atoms. The zero-order valence-corrected chi connectivity index (χ0v) is 14.3. The van der Waals surface area contributed by atoms with Crippen LogP contribution in [0.15, 0.2) is 22.7 Å². The van der Waals surface area contributed by atoms with Crippen molar-refractivity contribution >= 4 is 18.3 Å². The number of hydrogen-bond acceptors (Lipinski definition) is 5. The molecular formula is C16H20ClFN4O2. The molecule has 1 amide bonds. The summed E-state index contributed by atoms with van der Waals surface area (Å²) in [6.07, 6.45) is 1.83. The SMILES string of the molecule is Cc1ccc(-c2noc(C(C)NC(=O)C3CCCN3)n2)cc1F.Cl. The lowest BCUT2D eigenvalue weighted by atomic mass is 10.1. The van der Waals surface area contributed by atoms with Crippen molar-refractivity contribution in [2.45, 2.75) is 38.8 Å². The average Bonchev–Trinajstić information content (AvgIpc) is 3.21. The Hall–Kier alpha value is -1.99. The molecule has 0 bridgehead atoms. The van der Waals surface area contributed by atoms with Gasteiger partial charge in [0, 0.05) is 5.56 Å². The summed E-state index contributed by atoms with van der Waals surface area (Å²) in [5, 5.41) is 9.85. The summed E-state index contributed by atoms with van der Waals surface area (Å²) in [7, 11) is 0. The monoisotopic (exact) mass is 354 g/mol. The Morgan fingerprint density at radius 2 is 2.29 bits per heavy atom. The molecule has 0 saturated carbocycles. The van der Waals surface area contributed by atoms with Crippen LogP contribution >= 0.6 is 12.4 Å². The van der Waals surface area contributed by atoms with Crippen molar-refractivity contribution < 1.29 is 13.7 Å². The molecule has 1 aliphatic heterocycles. The molecule has 2 unspecified atom stereocenters. The van der Waals surface area contributed by atoms with Crippen molar-refractivity contribution in [3.8, 4) is 11.4 Å². The second kappa shape index (κ2) is 7.72. The molecule has 130 valence electrons. The fourth-order valence-corrected chi connectivity index (χ4v) is 2.54. The summed E-state index contributed by atoms with van der Waals surface area (Å²) in [6.45, 7) is 4.32. The maximum absolute atomic E-state index is 13.6. The first kappa shape index (κ1) is 18.4. The second-order valence-electron chi connectivity index (χ2n) is 5.80. The molecule has 1 aromatic carbocycles. The number of aromatic nitrogens is 2. The van der Waals surface area contributed by atoms with Crippen molar-refractivity contribution in [2.24, 2.45) is 0 Å². The highest BCUT2D eigenvalue weighted by Crippen LogP contribution is 2.21. The lowest BCUT2D eigenvalue weighted by molar-refractivity contribution is -0.123. The van der Waals surface area contributed by atoms with Gasteiger partial charge in [-0.15, -0.1) is 12.4 Å². The Labute approximate surface area is 145 Å². The van der Waals surface area contributed by atoms with E-state index in [0.29, 0.717) is 22.8 Å². The summed E-state index contributed by atoms with van der Waals surface area (Å²) in [6, 6.07) is 4.21. The number of nitrogens with zero attached hydrogens (tertiary/aromatic N) is 2. The van der Waals surface area contributed by atoms with Gasteiger partial charge in [0.15, 0.2) is 0 Å². The van der Waals surface area contributed by atoms with E-state index in [1.54, 1.807) is 26.0 Å². The minimum atomic E-state index is -0.401. The largest absolute Gasteiger partial charge is 0.343 e. The van der Waals surface area contributed by atoms with Crippen molar-refractivity contribution in [1.29, 1.82) is 0 Å². The third-order valence-corrected chi connectivity index (χ3v) is 3.98. The van der Waals surface area contributed by atoms with Gasteiger partial charge in [0.25, 0.3) is 0 Å². The highest BCUT2D eigenvalue weighted by Gasteiger charge is 2.25. The van der Waals surface area contributed by atoms with E-state index in [1.165, 1.54) is 6.07 Å². The number of aryl methyl sites for hydroxylation is 1. The van der Waals surface area contributed by atoms with E-state index in [4.69, 9.17) is 4.52 Å². The zero-order chi connectivity index (χ0) is 16.4. The van der Waals surface area contributed by atoms with E-state index in [-0.39, 0.29) is 30.2 Å². The number of benzene rings is 1.